The Morgan fingerprint density at radius 1 is 1.27 bits per heavy atom. The fraction of sp³-hybridized carbons (Fsp3) is 0.400. The Kier molecular flexibility index (Phi) is 4.42. The molecule has 0 aliphatic heterocycles. The highest BCUT2D eigenvalue weighted by molar-refractivity contribution is 8.13. The Labute approximate surface area is 94.4 Å². The molecule has 0 heterocycles. The molecule has 0 saturated carbocycles. The van der Waals surface area contributed by atoms with Crippen LogP contribution in [0.4, 0.5) is 0 Å². The topological polar surface area (TPSA) is 43.4 Å². The van der Waals surface area contributed by atoms with Gasteiger partial charge in [-0.25, -0.2) is 8.42 Å². The molecular weight excluding hydrogens is 236 g/mol. The molecule has 1 aromatic carbocycles. The first-order valence-corrected chi connectivity index (χ1v) is 7.13. The summed E-state index contributed by atoms with van der Waals surface area (Å²) in [6.45, 7) is 2.15. The van der Waals surface area contributed by atoms with Crippen molar-refractivity contribution in [2.75, 3.05) is 12.4 Å². The average Bonchev–Trinajstić information content (AvgIpc) is 2.17. The van der Waals surface area contributed by atoms with Gasteiger partial charge in [0.25, 0.3) is 0 Å². The molecule has 0 bridgehead atoms. The van der Waals surface area contributed by atoms with E-state index < -0.39 is 9.05 Å². The number of benzene rings is 1. The van der Waals surface area contributed by atoms with Crippen molar-refractivity contribution in [2.45, 2.75) is 13.3 Å². The third-order valence-electron chi connectivity index (χ3n) is 1.93. The molecular formula is C10H13ClO3S. The van der Waals surface area contributed by atoms with Gasteiger partial charge in [0.05, 0.1) is 5.75 Å². The molecule has 84 valence electrons. The van der Waals surface area contributed by atoms with E-state index in [1.807, 2.05) is 24.3 Å². The first-order valence-electron chi connectivity index (χ1n) is 4.65. The number of aryl methyl sites for hydroxylation is 1. The summed E-state index contributed by atoms with van der Waals surface area (Å²) < 4.78 is 26.4. The molecule has 0 atom stereocenters. The molecule has 5 heteroatoms. The molecule has 0 unspecified atom stereocenters. The molecule has 1 rings (SSSR count). The van der Waals surface area contributed by atoms with Crippen LogP contribution in [0.1, 0.15) is 12.5 Å². The van der Waals surface area contributed by atoms with Gasteiger partial charge in [0.1, 0.15) is 12.4 Å². The van der Waals surface area contributed by atoms with Crippen molar-refractivity contribution in [3.8, 4) is 5.75 Å². The highest BCUT2D eigenvalue weighted by Crippen LogP contribution is 2.12. The SMILES string of the molecule is CCc1ccc(OCCS(=O)(=O)Cl)cc1. The van der Waals surface area contributed by atoms with Gasteiger partial charge in [0.15, 0.2) is 0 Å². The summed E-state index contributed by atoms with van der Waals surface area (Å²) in [5.41, 5.74) is 1.22. The predicted octanol–water partition coefficient (Wildman–Crippen LogP) is 2.20. The molecule has 0 aromatic heterocycles. The number of ether oxygens (including phenoxy) is 1. The summed E-state index contributed by atoms with van der Waals surface area (Å²) in [6, 6.07) is 7.54. The highest BCUT2D eigenvalue weighted by Gasteiger charge is 2.04. The Hall–Kier alpha value is -0.740. The quantitative estimate of drug-likeness (QED) is 0.751. The van der Waals surface area contributed by atoms with E-state index in [0.29, 0.717) is 5.75 Å². The second kappa shape index (κ2) is 5.37. The van der Waals surface area contributed by atoms with Gasteiger partial charge in [0, 0.05) is 10.7 Å². The molecule has 1 aromatic rings. The minimum atomic E-state index is -3.46. The van der Waals surface area contributed by atoms with Crippen LogP contribution in [0.15, 0.2) is 24.3 Å². The van der Waals surface area contributed by atoms with Crippen LogP contribution < -0.4 is 4.74 Å². The molecule has 0 N–H and O–H groups in total. The van der Waals surface area contributed by atoms with Crippen LogP contribution in [0.2, 0.25) is 0 Å². The summed E-state index contributed by atoms with van der Waals surface area (Å²) in [5, 5.41) is 0. The first-order chi connectivity index (χ1) is 7.01. The summed E-state index contributed by atoms with van der Waals surface area (Å²) in [4.78, 5) is 0. The van der Waals surface area contributed by atoms with Gasteiger partial charge in [0.2, 0.25) is 9.05 Å². The summed E-state index contributed by atoms with van der Waals surface area (Å²) in [5.74, 6) is 0.483. The normalized spacial score (nSPS) is 11.3. The van der Waals surface area contributed by atoms with E-state index in [4.69, 9.17) is 15.4 Å². The van der Waals surface area contributed by atoms with Crippen LogP contribution >= 0.6 is 10.7 Å². The standard InChI is InChI=1S/C10H13ClO3S/c1-2-9-3-5-10(6-4-9)14-7-8-15(11,12)13/h3-6H,2,7-8H2,1H3. The molecule has 3 nitrogen and oxygen atoms in total. The number of rotatable bonds is 5. The third-order valence-corrected chi connectivity index (χ3v) is 3.04. The van der Waals surface area contributed by atoms with Crippen LogP contribution in [0, 0.1) is 0 Å². The zero-order valence-corrected chi connectivity index (χ0v) is 10.0. The lowest BCUT2D eigenvalue weighted by Crippen LogP contribution is -2.08. The molecule has 0 aliphatic rings. The smallest absolute Gasteiger partial charge is 0.235 e. The number of hydrogen-bond donors (Lipinski definition) is 0. The zero-order chi connectivity index (χ0) is 11.3. The van der Waals surface area contributed by atoms with Crippen LogP contribution in [-0.4, -0.2) is 20.8 Å². The first kappa shape index (κ1) is 12.3. The fourth-order valence-corrected chi connectivity index (χ4v) is 1.55. The van der Waals surface area contributed by atoms with Gasteiger partial charge < -0.3 is 4.74 Å². The molecule has 15 heavy (non-hydrogen) atoms. The maximum absolute atomic E-state index is 10.6. The number of halogens is 1. The molecule has 0 saturated heterocycles. The van der Waals surface area contributed by atoms with Gasteiger partial charge in [-0.15, -0.1) is 0 Å². The minimum Gasteiger partial charge on any atom is -0.492 e. The Bertz CT molecular complexity index is 397. The predicted molar refractivity (Wildman–Crippen MR) is 61.0 cm³/mol. The minimum absolute atomic E-state index is 0.0807. The van der Waals surface area contributed by atoms with Crippen molar-refractivity contribution in [3.05, 3.63) is 29.8 Å². The monoisotopic (exact) mass is 248 g/mol. The maximum atomic E-state index is 10.6. The largest absolute Gasteiger partial charge is 0.492 e. The lowest BCUT2D eigenvalue weighted by Gasteiger charge is -2.05. The Morgan fingerprint density at radius 3 is 2.33 bits per heavy atom. The van der Waals surface area contributed by atoms with E-state index in [1.54, 1.807) is 0 Å². The van der Waals surface area contributed by atoms with E-state index in [2.05, 4.69) is 6.92 Å². The molecule has 0 fully saturated rings. The molecule has 0 aliphatic carbocycles. The van der Waals surface area contributed by atoms with Gasteiger partial charge in [-0.1, -0.05) is 19.1 Å². The summed E-state index contributed by atoms with van der Waals surface area (Å²) >= 11 is 0. The Morgan fingerprint density at radius 2 is 1.87 bits per heavy atom. The Balaban J connectivity index is 2.45. The van der Waals surface area contributed by atoms with Gasteiger partial charge in [-0.3, -0.25) is 0 Å². The molecule has 0 amide bonds. The van der Waals surface area contributed by atoms with Gasteiger partial charge in [-0.05, 0) is 24.1 Å². The lowest BCUT2D eigenvalue weighted by molar-refractivity contribution is 0.341. The second-order valence-electron chi connectivity index (χ2n) is 3.09. The zero-order valence-electron chi connectivity index (χ0n) is 8.44. The van der Waals surface area contributed by atoms with Crippen LogP contribution in [0.25, 0.3) is 0 Å². The lowest BCUT2D eigenvalue weighted by atomic mass is 10.2. The van der Waals surface area contributed by atoms with Crippen molar-refractivity contribution in [1.82, 2.24) is 0 Å². The third kappa shape index (κ3) is 5.04. The summed E-state index contributed by atoms with van der Waals surface area (Å²) in [6.07, 6.45) is 0.969. The molecule has 0 spiro atoms. The van der Waals surface area contributed by atoms with E-state index in [9.17, 15) is 8.42 Å². The van der Waals surface area contributed by atoms with Gasteiger partial charge >= 0.3 is 0 Å². The highest BCUT2D eigenvalue weighted by atomic mass is 35.7. The van der Waals surface area contributed by atoms with Crippen molar-refractivity contribution in [3.63, 3.8) is 0 Å². The van der Waals surface area contributed by atoms with E-state index >= 15 is 0 Å². The average molecular weight is 249 g/mol. The van der Waals surface area contributed by atoms with Crippen LogP contribution in [0.3, 0.4) is 0 Å². The van der Waals surface area contributed by atoms with E-state index in [1.165, 1.54) is 5.56 Å². The van der Waals surface area contributed by atoms with E-state index in [0.717, 1.165) is 6.42 Å². The van der Waals surface area contributed by atoms with Crippen LogP contribution in [-0.2, 0) is 15.5 Å². The van der Waals surface area contributed by atoms with Gasteiger partial charge in [-0.2, -0.15) is 0 Å². The van der Waals surface area contributed by atoms with Crippen molar-refractivity contribution >= 4 is 19.7 Å². The van der Waals surface area contributed by atoms with E-state index in [-0.39, 0.29) is 12.4 Å². The van der Waals surface area contributed by atoms with Crippen molar-refractivity contribution in [2.24, 2.45) is 0 Å². The van der Waals surface area contributed by atoms with Crippen molar-refractivity contribution < 1.29 is 13.2 Å². The second-order valence-corrected chi connectivity index (χ2v) is 5.99. The number of hydrogen-bond acceptors (Lipinski definition) is 3. The maximum Gasteiger partial charge on any atom is 0.235 e. The fourth-order valence-electron chi connectivity index (χ4n) is 1.08. The van der Waals surface area contributed by atoms with Crippen molar-refractivity contribution in [1.29, 1.82) is 0 Å². The summed E-state index contributed by atoms with van der Waals surface area (Å²) in [7, 11) is 1.58. The van der Waals surface area contributed by atoms with Crippen LogP contribution in [0.5, 0.6) is 5.75 Å². The molecule has 0 radical (unpaired) electrons.